The first-order chi connectivity index (χ1) is 12.9. The second-order valence-corrected chi connectivity index (χ2v) is 7.22. The minimum Gasteiger partial charge on any atom is -0.451 e. The number of carbonyl (C=O) groups excluding carboxylic acids is 2. The molecular weight excluding hydrogens is 344 g/mol. The highest BCUT2D eigenvalue weighted by Crippen LogP contribution is 2.17. The van der Waals surface area contributed by atoms with E-state index in [4.69, 9.17) is 4.74 Å². The van der Waals surface area contributed by atoms with Crippen molar-refractivity contribution in [3.8, 4) is 5.69 Å². The maximum atomic E-state index is 12.4. The van der Waals surface area contributed by atoms with Gasteiger partial charge >= 0.3 is 5.97 Å². The van der Waals surface area contributed by atoms with E-state index in [2.05, 4.69) is 10.2 Å². The number of esters is 1. The number of carbonyl (C=O) groups is 2. The van der Waals surface area contributed by atoms with E-state index in [9.17, 15) is 9.59 Å². The Labute approximate surface area is 159 Å². The normalized spacial score (nSPS) is 17.0. The Balaban J connectivity index is 1.68. The number of ether oxygens (including phenoxy) is 1. The Hall–Kier alpha value is -2.70. The number of hydrogen-bond acceptors (Lipinski definition) is 5. The Morgan fingerprint density at radius 3 is 2.67 bits per heavy atom. The molecule has 27 heavy (non-hydrogen) atoms. The summed E-state index contributed by atoms with van der Waals surface area (Å²) in [5.41, 5.74) is 3.57. The molecular formula is C20H26N4O3. The van der Waals surface area contributed by atoms with Crippen LogP contribution in [0.2, 0.25) is 0 Å². The minimum atomic E-state index is -0.624. The zero-order valence-corrected chi connectivity index (χ0v) is 16.4. The summed E-state index contributed by atoms with van der Waals surface area (Å²) in [5.74, 6) is -0.781. The maximum absolute atomic E-state index is 12.4. The largest absolute Gasteiger partial charge is 0.451 e. The molecule has 1 amide bonds. The van der Waals surface area contributed by atoms with Gasteiger partial charge in [-0.15, -0.1) is 5.10 Å². The van der Waals surface area contributed by atoms with Crippen LogP contribution in [0.15, 0.2) is 18.2 Å². The lowest BCUT2D eigenvalue weighted by Crippen LogP contribution is -2.44. The molecule has 0 radical (unpaired) electrons. The number of nitrogens with zero attached hydrogens (tertiary/aromatic N) is 4. The summed E-state index contributed by atoms with van der Waals surface area (Å²) in [6.07, 6.45) is 3.11. The molecule has 0 unspecified atom stereocenters. The molecule has 1 atom stereocenters. The van der Waals surface area contributed by atoms with Crippen LogP contribution in [0.5, 0.6) is 0 Å². The van der Waals surface area contributed by atoms with E-state index >= 15 is 0 Å². The average molecular weight is 370 g/mol. The molecule has 144 valence electrons. The third-order valence-electron chi connectivity index (χ3n) is 4.99. The van der Waals surface area contributed by atoms with Crippen molar-refractivity contribution in [2.75, 3.05) is 13.2 Å². The Morgan fingerprint density at radius 2 is 1.96 bits per heavy atom. The number of amides is 1. The molecule has 0 saturated carbocycles. The first kappa shape index (κ1) is 19.1. The number of likely N-dealkylation sites (tertiary alicyclic amines) is 1. The van der Waals surface area contributed by atoms with Crippen molar-refractivity contribution in [1.29, 1.82) is 0 Å². The van der Waals surface area contributed by atoms with Crippen molar-refractivity contribution >= 4 is 11.9 Å². The van der Waals surface area contributed by atoms with E-state index in [1.807, 2.05) is 39.0 Å². The molecule has 7 heteroatoms. The van der Waals surface area contributed by atoms with Gasteiger partial charge in [-0.2, -0.15) is 9.90 Å². The van der Waals surface area contributed by atoms with E-state index in [-0.39, 0.29) is 24.2 Å². The zero-order chi connectivity index (χ0) is 19.6. The molecule has 1 aliphatic rings. The standard InChI is InChI=1S/C20H26N4O3/c1-13-8-9-17(14(2)11-13)24-21-16(4)19(22-24)20(26)27-12-18(25)23-10-6-5-7-15(23)3/h8-9,11,15H,5-7,10,12H2,1-4H3/t15-/m1/s1. The van der Waals surface area contributed by atoms with Gasteiger partial charge in [0, 0.05) is 12.6 Å². The first-order valence-corrected chi connectivity index (χ1v) is 9.35. The van der Waals surface area contributed by atoms with Gasteiger partial charge in [0.15, 0.2) is 12.3 Å². The molecule has 2 aromatic rings. The van der Waals surface area contributed by atoms with Gasteiger partial charge in [-0.3, -0.25) is 4.79 Å². The van der Waals surface area contributed by atoms with Crippen LogP contribution in [0, 0.1) is 20.8 Å². The lowest BCUT2D eigenvalue weighted by Gasteiger charge is -2.33. The Morgan fingerprint density at radius 1 is 1.19 bits per heavy atom. The smallest absolute Gasteiger partial charge is 0.361 e. The summed E-state index contributed by atoms with van der Waals surface area (Å²) in [5, 5.41) is 8.61. The SMILES string of the molecule is Cc1ccc(-n2nc(C)c(C(=O)OCC(=O)N3CCCC[C@H]3C)n2)c(C)c1. The molecule has 1 aromatic heterocycles. The summed E-state index contributed by atoms with van der Waals surface area (Å²) in [7, 11) is 0. The molecule has 0 aliphatic carbocycles. The highest BCUT2D eigenvalue weighted by atomic mass is 16.5. The second-order valence-electron chi connectivity index (χ2n) is 7.22. The molecule has 1 aromatic carbocycles. The van der Waals surface area contributed by atoms with Gasteiger partial charge in [-0.1, -0.05) is 17.7 Å². The third kappa shape index (κ3) is 4.18. The van der Waals surface area contributed by atoms with Crippen LogP contribution >= 0.6 is 0 Å². The maximum Gasteiger partial charge on any atom is 0.361 e. The molecule has 3 rings (SSSR count). The van der Waals surface area contributed by atoms with E-state index in [1.54, 1.807) is 11.8 Å². The second kappa shape index (κ2) is 7.90. The molecule has 2 heterocycles. The molecule has 0 bridgehead atoms. The molecule has 7 nitrogen and oxygen atoms in total. The molecule has 1 aliphatic heterocycles. The Kier molecular flexibility index (Phi) is 5.58. The molecule has 0 N–H and O–H groups in total. The quantitative estimate of drug-likeness (QED) is 0.774. The van der Waals surface area contributed by atoms with Crippen molar-refractivity contribution < 1.29 is 14.3 Å². The van der Waals surface area contributed by atoms with Crippen molar-refractivity contribution in [1.82, 2.24) is 19.9 Å². The highest BCUT2D eigenvalue weighted by molar-refractivity contribution is 5.90. The average Bonchev–Trinajstić information content (AvgIpc) is 3.01. The van der Waals surface area contributed by atoms with E-state index in [0.717, 1.165) is 42.6 Å². The lowest BCUT2D eigenvalue weighted by molar-refractivity contribution is -0.137. The van der Waals surface area contributed by atoms with Gasteiger partial charge in [0.1, 0.15) is 0 Å². The van der Waals surface area contributed by atoms with Crippen LogP contribution in [-0.4, -0.2) is 51.0 Å². The topological polar surface area (TPSA) is 77.3 Å². The number of aryl methyl sites for hydroxylation is 3. The van der Waals surface area contributed by atoms with E-state index < -0.39 is 5.97 Å². The number of rotatable bonds is 4. The van der Waals surface area contributed by atoms with E-state index in [1.165, 1.54) is 4.80 Å². The fraction of sp³-hybridized carbons (Fsp3) is 0.500. The number of hydrogen-bond donors (Lipinski definition) is 0. The van der Waals surface area contributed by atoms with Gasteiger partial charge in [-0.25, -0.2) is 4.79 Å². The predicted molar refractivity (Wildman–Crippen MR) is 101 cm³/mol. The van der Waals surface area contributed by atoms with Gasteiger partial charge < -0.3 is 9.64 Å². The van der Waals surface area contributed by atoms with Crippen LogP contribution in [-0.2, 0) is 9.53 Å². The third-order valence-corrected chi connectivity index (χ3v) is 4.99. The minimum absolute atomic E-state index is 0.134. The van der Waals surface area contributed by atoms with Gasteiger partial charge in [0.2, 0.25) is 0 Å². The summed E-state index contributed by atoms with van der Waals surface area (Å²) >= 11 is 0. The fourth-order valence-corrected chi connectivity index (χ4v) is 3.45. The zero-order valence-electron chi connectivity index (χ0n) is 16.4. The van der Waals surface area contributed by atoms with Gasteiger partial charge in [0.25, 0.3) is 5.91 Å². The summed E-state index contributed by atoms with van der Waals surface area (Å²) in [6.45, 7) is 8.17. The van der Waals surface area contributed by atoms with Gasteiger partial charge in [-0.05, 0) is 58.6 Å². The monoisotopic (exact) mass is 370 g/mol. The van der Waals surface area contributed by atoms with Gasteiger partial charge in [0.05, 0.1) is 11.4 Å². The van der Waals surface area contributed by atoms with Crippen LogP contribution < -0.4 is 0 Å². The van der Waals surface area contributed by atoms with Crippen LogP contribution in [0.4, 0.5) is 0 Å². The number of benzene rings is 1. The predicted octanol–water partition coefficient (Wildman–Crippen LogP) is 2.75. The number of aromatic nitrogens is 3. The summed E-state index contributed by atoms with van der Waals surface area (Å²) in [6, 6.07) is 6.11. The first-order valence-electron chi connectivity index (χ1n) is 9.35. The lowest BCUT2D eigenvalue weighted by atomic mass is 10.0. The van der Waals surface area contributed by atoms with Crippen LogP contribution in [0.25, 0.3) is 5.69 Å². The van der Waals surface area contributed by atoms with Crippen molar-refractivity contribution in [3.05, 3.63) is 40.7 Å². The Bertz CT molecular complexity index is 859. The summed E-state index contributed by atoms with van der Waals surface area (Å²) < 4.78 is 5.22. The van der Waals surface area contributed by atoms with Crippen LogP contribution in [0.3, 0.4) is 0 Å². The van der Waals surface area contributed by atoms with Crippen molar-refractivity contribution in [2.45, 2.75) is 53.0 Å². The highest BCUT2D eigenvalue weighted by Gasteiger charge is 2.25. The van der Waals surface area contributed by atoms with E-state index in [0.29, 0.717) is 5.69 Å². The van der Waals surface area contributed by atoms with Crippen LogP contribution in [0.1, 0.15) is 53.5 Å². The number of piperidine rings is 1. The van der Waals surface area contributed by atoms with Crippen molar-refractivity contribution in [2.24, 2.45) is 0 Å². The molecule has 1 saturated heterocycles. The summed E-state index contributed by atoms with van der Waals surface area (Å²) in [4.78, 5) is 28.0. The molecule has 0 spiro atoms. The fourth-order valence-electron chi connectivity index (χ4n) is 3.45. The van der Waals surface area contributed by atoms with Crippen molar-refractivity contribution in [3.63, 3.8) is 0 Å². The molecule has 1 fully saturated rings.